The van der Waals surface area contributed by atoms with E-state index in [2.05, 4.69) is 27.7 Å². The van der Waals surface area contributed by atoms with Crippen LogP contribution in [0.1, 0.15) is 79.1 Å². The summed E-state index contributed by atoms with van der Waals surface area (Å²) >= 11 is 0. The zero-order valence-electron chi connectivity index (χ0n) is 10.8. The predicted octanol–water partition coefficient (Wildman–Crippen LogP) is 5.42. The average Bonchev–Trinajstić information content (AvgIpc) is 2.71. The van der Waals surface area contributed by atoms with Crippen LogP contribution in [-0.2, 0) is 0 Å². The molecule has 1 aliphatic rings. The molecule has 0 spiro atoms. The van der Waals surface area contributed by atoms with E-state index in [1.807, 2.05) is 0 Å². The van der Waals surface area contributed by atoms with Crippen molar-refractivity contribution in [1.82, 2.24) is 0 Å². The van der Waals surface area contributed by atoms with Gasteiger partial charge in [0.25, 0.3) is 0 Å². The number of rotatable bonds is 4. The van der Waals surface area contributed by atoms with Gasteiger partial charge in [-0.1, -0.05) is 79.1 Å². The van der Waals surface area contributed by atoms with E-state index in [-0.39, 0.29) is 0 Å². The van der Waals surface area contributed by atoms with Crippen molar-refractivity contribution < 1.29 is 0 Å². The first-order chi connectivity index (χ1) is 6.66. The van der Waals surface area contributed by atoms with Crippen molar-refractivity contribution >= 4 is 0 Å². The minimum absolute atomic E-state index is 0.888. The number of hydrogen-bond donors (Lipinski definition) is 0. The van der Waals surface area contributed by atoms with Crippen LogP contribution in [0.2, 0.25) is 0 Å². The van der Waals surface area contributed by atoms with Crippen molar-refractivity contribution in [2.45, 2.75) is 79.1 Å². The summed E-state index contributed by atoms with van der Waals surface area (Å²) in [5.74, 6) is 1.83. The summed E-state index contributed by atoms with van der Waals surface area (Å²) in [7, 11) is 0. The molecule has 0 aromatic carbocycles. The van der Waals surface area contributed by atoms with Gasteiger partial charge in [-0.25, -0.2) is 0 Å². The Bertz CT molecular complexity index is 93.0. The molecule has 1 saturated carbocycles. The molecule has 14 heavy (non-hydrogen) atoms. The molecule has 0 radical (unpaired) electrons. The zero-order valence-corrected chi connectivity index (χ0v) is 10.8. The van der Waals surface area contributed by atoms with Crippen molar-refractivity contribution in [2.24, 2.45) is 11.8 Å². The molecule has 0 saturated heterocycles. The van der Waals surface area contributed by atoms with Gasteiger partial charge in [0.05, 0.1) is 0 Å². The topological polar surface area (TPSA) is 0 Å². The van der Waals surface area contributed by atoms with Crippen molar-refractivity contribution in [2.75, 3.05) is 0 Å². The van der Waals surface area contributed by atoms with Crippen LogP contribution < -0.4 is 0 Å². The fourth-order valence-corrected chi connectivity index (χ4v) is 1.71. The molecule has 0 heterocycles. The van der Waals surface area contributed by atoms with Crippen LogP contribution in [0, 0.1) is 11.8 Å². The van der Waals surface area contributed by atoms with Crippen LogP contribution in [0.15, 0.2) is 0 Å². The summed E-state index contributed by atoms with van der Waals surface area (Å²) in [6.07, 6.45) is 11.6. The fourth-order valence-electron chi connectivity index (χ4n) is 1.71. The van der Waals surface area contributed by atoms with E-state index >= 15 is 0 Å². The van der Waals surface area contributed by atoms with E-state index in [0.717, 1.165) is 11.8 Å². The van der Waals surface area contributed by atoms with E-state index in [1.165, 1.54) is 51.4 Å². The zero-order chi connectivity index (χ0) is 10.8. The van der Waals surface area contributed by atoms with Gasteiger partial charge in [-0.2, -0.15) is 0 Å². The maximum absolute atomic E-state index is 2.34. The van der Waals surface area contributed by atoms with Gasteiger partial charge in [-0.3, -0.25) is 0 Å². The Labute approximate surface area is 91.5 Å². The first-order valence-electron chi connectivity index (χ1n) is 6.66. The van der Waals surface area contributed by atoms with Gasteiger partial charge in [0.2, 0.25) is 0 Å². The van der Waals surface area contributed by atoms with Crippen molar-refractivity contribution in [1.29, 1.82) is 0 Å². The van der Waals surface area contributed by atoms with Gasteiger partial charge in [-0.05, 0) is 11.8 Å². The lowest BCUT2D eigenvalue weighted by atomic mass is 9.98. The maximum Gasteiger partial charge on any atom is -0.0445 e. The van der Waals surface area contributed by atoms with Crippen LogP contribution >= 0.6 is 0 Å². The lowest BCUT2D eigenvalue weighted by Gasteiger charge is -2.09. The first kappa shape index (κ1) is 14.0. The highest BCUT2D eigenvalue weighted by molar-refractivity contribution is 4.52. The molecule has 0 aromatic heterocycles. The first-order valence-corrected chi connectivity index (χ1v) is 6.66. The highest BCUT2D eigenvalue weighted by Gasteiger charge is 1.99. The second-order valence-corrected chi connectivity index (χ2v) is 5.25. The lowest BCUT2D eigenvalue weighted by Crippen LogP contribution is -1.95. The molecule has 0 aliphatic heterocycles. The van der Waals surface area contributed by atoms with Crippen LogP contribution in [0.4, 0.5) is 0 Å². The Hall–Kier alpha value is 0. The molecule has 0 N–H and O–H groups in total. The summed E-state index contributed by atoms with van der Waals surface area (Å²) in [5, 5.41) is 0. The third-order valence-electron chi connectivity index (χ3n) is 3.18. The van der Waals surface area contributed by atoms with Gasteiger partial charge >= 0.3 is 0 Å². The minimum atomic E-state index is 0.888. The Kier molecular flexibility index (Phi) is 9.55. The van der Waals surface area contributed by atoms with Gasteiger partial charge in [0.1, 0.15) is 0 Å². The predicted molar refractivity (Wildman–Crippen MR) is 66.6 cm³/mol. The van der Waals surface area contributed by atoms with Crippen LogP contribution in [0.5, 0.6) is 0 Å². The second kappa shape index (κ2) is 9.55. The molecule has 0 bridgehead atoms. The summed E-state index contributed by atoms with van der Waals surface area (Å²) in [4.78, 5) is 0. The Morgan fingerprint density at radius 1 is 0.786 bits per heavy atom. The Balaban J connectivity index is 0.000000280. The molecule has 0 nitrogen and oxygen atoms in total. The normalized spacial score (nSPS) is 17.8. The summed E-state index contributed by atoms with van der Waals surface area (Å²) < 4.78 is 0. The smallest absolute Gasteiger partial charge is 0.0445 e. The largest absolute Gasteiger partial charge is 0.0651 e. The van der Waals surface area contributed by atoms with Crippen LogP contribution in [0.3, 0.4) is 0 Å². The van der Waals surface area contributed by atoms with E-state index in [0.29, 0.717) is 0 Å². The molecule has 1 aliphatic carbocycles. The molecule has 0 aromatic rings. The van der Waals surface area contributed by atoms with Gasteiger partial charge < -0.3 is 0 Å². The molecule has 1 fully saturated rings. The molecule has 1 unspecified atom stereocenters. The molecule has 1 rings (SSSR count). The summed E-state index contributed by atoms with van der Waals surface area (Å²) in [5.41, 5.74) is 0. The Morgan fingerprint density at radius 2 is 1.21 bits per heavy atom. The fraction of sp³-hybridized carbons (Fsp3) is 1.00. The molecular formula is C14H30. The molecular weight excluding hydrogens is 168 g/mol. The van der Waals surface area contributed by atoms with Crippen molar-refractivity contribution in [3.63, 3.8) is 0 Å². The third-order valence-corrected chi connectivity index (χ3v) is 3.18. The number of hydrogen-bond acceptors (Lipinski definition) is 0. The van der Waals surface area contributed by atoms with Gasteiger partial charge in [0.15, 0.2) is 0 Å². The van der Waals surface area contributed by atoms with Crippen LogP contribution in [0.25, 0.3) is 0 Å². The molecule has 0 heteroatoms. The van der Waals surface area contributed by atoms with Crippen molar-refractivity contribution in [3.05, 3.63) is 0 Å². The standard InChI is InChI=1S/C9H20.C5H10/c1-5-9(4)7-6-8(2)3;1-2-4-5-3-1/h8-9H,5-7H2,1-4H3;1-5H2. The monoisotopic (exact) mass is 198 g/mol. The summed E-state index contributed by atoms with van der Waals surface area (Å²) in [6, 6.07) is 0. The quantitative estimate of drug-likeness (QED) is 0.566. The average molecular weight is 198 g/mol. The van der Waals surface area contributed by atoms with Gasteiger partial charge in [-0.15, -0.1) is 0 Å². The van der Waals surface area contributed by atoms with E-state index in [9.17, 15) is 0 Å². The highest BCUT2D eigenvalue weighted by Crippen LogP contribution is 2.15. The van der Waals surface area contributed by atoms with Crippen LogP contribution in [-0.4, -0.2) is 0 Å². The highest BCUT2D eigenvalue weighted by atomic mass is 14.1. The van der Waals surface area contributed by atoms with E-state index < -0.39 is 0 Å². The van der Waals surface area contributed by atoms with E-state index in [4.69, 9.17) is 0 Å². The summed E-state index contributed by atoms with van der Waals surface area (Å²) in [6.45, 7) is 9.19. The minimum Gasteiger partial charge on any atom is -0.0651 e. The molecule has 86 valence electrons. The second-order valence-electron chi connectivity index (χ2n) is 5.25. The maximum atomic E-state index is 2.34. The SMILES string of the molecule is C1CCCC1.CCC(C)CCC(C)C. The Morgan fingerprint density at radius 3 is 1.50 bits per heavy atom. The van der Waals surface area contributed by atoms with E-state index in [1.54, 1.807) is 0 Å². The third kappa shape index (κ3) is 10.1. The van der Waals surface area contributed by atoms with Crippen molar-refractivity contribution in [3.8, 4) is 0 Å². The van der Waals surface area contributed by atoms with Gasteiger partial charge in [0, 0.05) is 0 Å². The molecule has 0 amide bonds. The molecule has 1 atom stereocenters. The lowest BCUT2D eigenvalue weighted by molar-refractivity contribution is 0.441.